The number of hydrogen-bond donors (Lipinski definition) is 1. The summed E-state index contributed by atoms with van der Waals surface area (Å²) in [5, 5.41) is 10.3. The van der Waals surface area contributed by atoms with Gasteiger partial charge in [-0.05, 0) is 37.8 Å². The highest BCUT2D eigenvalue weighted by molar-refractivity contribution is 7.12. The minimum Gasteiger partial charge on any atom is -0.385 e. The Morgan fingerprint density at radius 2 is 2.27 bits per heavy atom. The zero-order chi connectivity index (χ0) is 11.0. The van der Waals surface area contributed by atoms with Gasteiger partial charge in [0.2, 0.25) is 0 Å². The molecular weight excluding hydrogens is 208 g/mol. The van der Waals surface area contributed by atoms with Crippen molar-refractivity contribution in [2.45, 2.75) is 39.4 Å². The highest BCUT2D eigenvalue weighted by atomic mass is 32.1. The van der Waals surface area contributed by atoms with Crippen LogP contribution in [0.15, 0.2) is 6.07 Å². The first-order chi connectivity index (χ1) is 7.09. The van der Waals surface area contributed by atoms with Crippen LogP contribution in [0, 0.1) is 19.8 Å². The van der Waals surface area contributed by atoms with Gasteiger partial charge in [-0.2, -0.15) is 0 Å². The third-order valence-electron chi connectivity index (χ3n) is 3.10. The van der Waals surface area contributed by atoms with Crippen molar-refractivity contribution < 1.29 is 9.84 Å². The molecule has 0 saturated carbocycles. The second kappa shape index (κ2) is 4.24. The predicted molar refractivity (Wildman–Crippen MR) is 62.3 cm³/mol. The van der Waals surface area contributed by atoms with Crippen molar-refractivity contribution in [2.75, 3.05) is 6.61 Å². The SMILES string of the molecule is Cc1cc(C)c(C(O)C2OCCC2C)s1. The molecule has 84 valence electrons. The standard InChI is InChI=1S/C12H18O2S/c1-7-4-5-14-11(7)10(13)12-8(2)6-9(3)15-12/h6-7,10-11,13H,4-5H2,1-3H3. The maximum atomic E-state index is 10.3. The van der Waals surface area contributed by atoms with Crippen LogP contribution in [0.4, 0.5) is 0 Å². The summed E-state index contributed by atoms with van der Waals surface area (Å²) in [5.74, 6) is 0.460. The molecule has 1 fully saturated rings. The Morgan fingerprint density at radius 1 is 1.53 bits per heavy atom. The molecule has 3 unspecified atom stereocenters. The molecule has 1 aromatic rings. The van der Waals surface area contributed by atoms with Gasteiger partial charge >= 0.3 is 0 Å². The van der Waals surface area contributed by atoms with E-state index in [-0.39, 0.29) is 6.10 Å². The topological polar surface area (TPSA) is 29.5 Å². The van der Waals surface area contributed by atoms with Crippen LogP contribution in [0.3, 0.4) is 0 Å². The number of rotatable bonds is 2. The van der Waals surface area contributed by atoms with Gasteiger partial charge < -0.3 is 9.84 Å². The third kappa shape index (κ3) is 2.10. The number of thiophene rings is 1. The summed E-state index contributed by atoms with van der Waals surface area (Å²) >= 11 is 1.68. The Hall–Kier alpha value is -0.380. The molecule has 1 aliphatic heterocycles. The van der Waals surface area contributed by atoms with E-state index in [9.17, 15) is 5.11 Å². The lowest BCUT2D eigenvalue weighted by molar-refractivity contribution is -0.0163. The Labute approximate surface area is 94.9 Å². The van der Waals surface area contributed by atoms with Gasteiger partial charge in [0, 0.05) is 16.4 Å². The largest absolute Gasteiger partial charge is 0.385 e. The van der Waals surface area contributed by atoms with E-state index in [1.807, 2.05) is 0 Å². The molecule has 2 rings (SSSR count). The van der Waals surface area contributed by atoms with Crippen molar-refractivity contribution in [3.63, 3.8) is 0 Å². The summed E-state index contributed by atoms with van der Waals surface area (Å²) in [6.45, 7) is 7.07. The lowest BCUT2D eigenvalue weighted by atomic mass is 9.97. The van der Waals surface area contributed by atoms with Gasteiger partial charge in [0.1, 0.15) is 6.10 Å². The fourth-order valence-electron chi connectivity index (χ4n) is 2.22. The van der Waals surface area contributed by atoms with Crippen molar-refractivity contribution in [1.82, 2.24) is 0 Å². The summed E-state index contributed by atoms with van der Waals surface area (Å²) in [5.41, 5.74) is 1.19. The van der Waals surface area contributed by atoms with E-state index in [2.05, 4.69) is 26.8 Å². The van der Waals surface area contributed by atoms with E-state index in [1.165, 1.54) is 10.4 Å². The van der Waals surface area contributed by atoms with E-state index in [0.29, 0.717) is 5.92 Å². The van der Waals surface area contributed by atoms with Crippen LogP contribution in [-0.2, 0) is 4.74 Å². The van der Waals surface area contributed by atoms with E-state index in [0.717, 1.165) is 17.9 Å². The first-order valence-electron chi connectivity index (χ1n) is 5.46. The van der Waals surface area contributed by atoms with Crippen molar-refractivity contribution in [2.24, 2.45) is 5.92 Å². The highest BCUT2D eigenvalue weighted by Crippen LogP contribution is 2.36. The number of aliphatic hydroxyl groups excluding tert-OH is 1. The van der Waals surface area contributed by atoms with E-state index in [1.54, 1.807) is 11.3 Å². The summed E-state index contributed by atoms with van der Waals surface area (Å²) in [6.07, 6.45) is 0.605. The van der Waals surface area contributed by atoms with Crippen molar-refractivity contribution in [3.05, 3.63) is 21.4 Å². The molecule has 15 heavy (non-hydrogen) atoms. The van der Waals surface area contributed by atoms with Crippen LogP contribution in [0.2, 0.25) is 0 Å². The Balaban J connectivity index is 2.19. The molecule has 0 spiro atoms. The average molecular weight is 226 g/mol. The second-order valence-corrected chi connectivity index (χ2v) is 5.74. The lowest BCUT2D eigenvalue weighted by Crippen LogP contribution is -2.22. The molecule has 2 heterocycles. The maximum Gasteiger partial charge on any atom is 0.115 e. The smallest absolute Gasteiger partial charge is 0.115 e. The molecule has 2 nitrogen and oxygen atoms in total. The van der Waals surface area contributed by atoms with E-state index < -0.39 is 6.10 Å². The minimum atomic E-state index is -0.443. The van der Waals surface area contributed by atoms with Crippen LogP contribution in [0.1, 0.15) is 34.8 Å². The van der Waals surface area contributed by atoms with Crippen LogP contribution < -0.4 is 0 Å². The Morgan fingerprint density at radius 3 is 2.73 bits per heavy atom. The zero-order valence-electron chi connectivity index (χ0n) is 9.49. The molecule has 0 radical (unpaired) electrons. The first kappa shape index (κ1) is 11.1. The van der Waals surface area contributed by atoms with Crippen LogP contribution in [0.5, 0.6) is 0 Å². The van der Waals surface area contributed by atoms with E-state index in [4.69, 9.17) is 4.74 Å². The third-order valence-corrected chi connectivity index (χ3v) is 4.33. The van der Waals surface area contributed by atoms with E-state index >= 15 is 0 Å². The molecule has 3 atom stereocenters. The summed E-state index contributed by atoms with van der Waals surface area (Å²) in [4.78, 5) is 2.33. The van der Waals surface area contributed by atoms with Crippen LogP contribution in [-0.4, -0.2) is 17.8 Å². The number of ether oxygens (including phenoxy) is 1. The quantitative estimate of drug-likeness (QED) is 0.840. The van der Waals surface area contributed by atoms with Crippen molar-refractivity contribution in [3.8, 4) is 0 Å². The summed E-state index contributed by atoms with van der Waals surface area (Å²) in [6, 6.07) is 2.13. The number of aryl methyl sites for hydroxylation is 2. The molecule has 1 N–H and O–H groups in total. The number of aliphatic hydroxyl groups is 1. The lowest BCUT2D eigenvalue weighted by Gasteiger charge is -2.21. The zero-order valence-corrected chi connectivity index (χ0v) is 10.3. The van der Waals surface area contributed by atoms with Gasteiger partial charge in [0.05, 0.1) is 6.10 Å². The van der Waals surface area contributed by atoms with Crippen molar-refractivity contribution >= 4 is 11.3 Å². The van der Waals surface area contributed by atoms with Gasteiger partial charge in [-0.3, -0.25) is 0 Å². The molecular formula is C12H18O2S. The van der Waals surface area contributed by atoms with Gasteiger partial charge in [-0.1, -0.05) is 6.92 Å². The van der Waals surface area contributed by atoms with Gasteiger partial charge in [-0.25, -0.2) is 0 Å². The monoisotopic (exact) mass is 226 g/mol. The first-order valence-corrected chi connectivity index (χ1v) is 6.28. The van der Waals surface area contributed by atoms with Gasteiger partial charge in [-0.15, -0.1) is 11.3 Å². The molecule has 1 saturated heterocycles. The van der Waals surface area contributed by atoms with Crippen molar-refractivity contribution in [1.29, 1.82) is 0 Å². The fraction of sp³-hybridized carbons (Fsp3) is 0.667. The van der Waals surface area contributed by atoms with Gasteiger partial charge in [0.25, 0.3) is 0 Å². The molecule has 1 aromatic heterocycles. The van der Waals surface area contributed by atoms with Crippen LogP contribution >= 0.6 is 11.3 Å². The molecule has 1 aliphatic rings. The Kier molecular flexibility index (Phi) is 3.14. The van der Waals surface area contributed by atoms with Crippen LogP contribution in [0.25, 0.3) is 0 Å². The molecule has 3 heteroatoms. The predicted octanol–water partition coefficient (Wildman–Crippen LogP) is 2.82. The molecule has 0 aliphatic carbocycles. The minimum absolute atomic E-state index is 0.0123. The maximum absolute atomic E-state index is 10.3. The molecule has 0 amide bonds. The average Bonchev–Trinajstić information content (AvgIpc) is 2.71. The summed E-state index contributed by atoms with van der Waals surface area (Å²) < 4.78 is 5.60. The fourth-order valence-corrected chi connectivity index (χ4v) is 3.28. The van der Waals surface area contributed by atoms with Gasteiger partial charge in [0.15, 0.2) is 0 Å². The normalized spacial score (nSPS) is 28.3. The highest BCUT2D eigenvalue weighted by Gasteiger charge is 2.33. The second-order valence-electron chi connectivity index (χ2n) is 4.45. The summed E-state index contributed by atoms with van der Waals surface area (Å²) in [7, 11) is 0. The Bertz CT molecular complexity index is 345. The number of hydrogen-bond acceptors (Lipinski definition) is 3. The molecule has 0 bridgehead atoms. The molecule has 0 aromatic carbocycles.